The van der Waals surface area contributed by atoms with Crippen molar-refractivity contribution in [2.75, 3.05) is 6.54 Å². The van der Waals surface area contributed by atoms with Crippen LogP contribution in [0.1, 0.15) is 13.8 Å². The highest BCUT2D eigenvalue weighted by atomic mass is 19.4. The molecular formula is C8H9F8N. The van der Waals surface area contributed by atoms with Crippen molar-refractivity contribution in [2.24, 2.45) is 5.92 Å². The second-order valence-corrected chi connectivity index (χ2v) is 4.50. The van der Waals surface area contributed by atoms with Crippen LogP contribution in [0.4, 0.5) is 35.1 Å². The van der Waals surface area contributed by atoms with E-state index in [0.29, 0.717) is 0 Å². The first-order chi connectivity index (χ1) is 7.21. The fraction of sp³-hybridized carbons (Fsp3) is 1.00. The third-order valence-electron chi connectivity index (χ3n) is 2.53. The molecule has 0 bridgehead atoms. The average molecular weight is 271 g/mol. The van der Waals surface area contributed by atoms with Crippen molar-refractivity contribution in [1.82, 2.24) is 4.90 Å². The van der Waals surface area contributed by atoms with E-state index in [9.17, 15) is 35.1 Å². The zero-order chi connectivity index (χ0) is 13.9. The smallest absolute Gasteiger partial charge is 0.235 e. The summed E-state index contributed by atoms with van der Waals surface area (Å²) < 4.78 is 99.2. The van der Waals surface area contributed by atoms with Crippen molar-refractivity contribution in [3.05, 3.63) is 0 Å². The number of hydrogen-bond donors (Lipinski definition) is 0. The molecule has 0 amide bonds. The van der Waals surface area contributed by atoms with E-state index in [-0.39, 0.29) is 4.90 Å². The molecular weight excluding hydrogens is 262 g/mol. The lowest BCUT2D eigenvalue weighted by Gasteiger charge is -2.32. The minimum atomic E-state index is -6.04. The quantitative estimate of drug-likeness (QED) is 0.422. The van der Waals surface area contributed by atoms with Crippen molar-refractivity contribution in [3.63, 3.8) is 0 Å². The average Bonchev–Trinajstić information content (AvgIpc) is 2.51. The van der Waals surface area contributed by atoms with E-state index >= 15 is 0 Å². The van der Waals surface area contributed by atoms with E-state index < -0.39 is 36.4 Å². The lowest BCUT2D eigenvalue weighted by molar-refractivity contribution is -0.358. The van der Waals surface area contributed by atoms with Gasteiger partial charge in [0.1, 0.15) is 0 Å². The Morgan fingerprint density at radius 3 is 1.35 bits per heavy atom. The van der Waals surface area contributed by atoms with Gasteiger partial charge in [0.25, 0.3) is 0 Å². The maximum absolute atomic E-state index is 13.2. The predicted molar refractivity (Wildman–Crippen MR) is 41.3 cm³/mol. The molecule has 1 aliphatic heterocycles. The first-order valence-corrected chi connectivity index (χ1v) is 4.49. The van der Waals surface area contributed by atoms with E-state index in [2.05, 4.69) is 0 Å². The van der Waals surface area contributed by atoms with Gasteiger partial charge in [-0.15, -0.1) is 0 Å². The van der Waals surface area contributed by atoms with Gasteiger partial charge < -0.3 is 0 Å². The molecule has 9 heteroatoms. The van der Waals surface area contributed by atoms with Crippen molar-refractivity contribution in [3.8, 4) is 0 Å². The molecule has 1 unspecified atom stereocenters. The molecule has 0 aromatic carbocycles. The van der Waals surface area contributed by atoms with Crippen LogP contribution in [0.2, 0.25) is 0 Å². The fourth-order valence-electron chi connectivity index (χ4n) is 1.60. The van der Waals surface area contributed by atoms with Gasteiger partial charge in [0.05, 0.1) is 0 Å². The largest absolute Gasteiger partial charge is 0.407 e. The predicted octanol–water partition coefficient (Wildman–Crippen LogP) is 3.41. The van der Waals surface area contributed by atoms with Crippen LogP contribution >= 0.6 is 0 Å². The molecule has 0 radical (unpaired) electrons. The van der Waals surface area contributed by atoms with Crippen molar-refractivity contribution < 1.29 is 35.1 Å². The van der Waals surface area contributed by atoms with Crippen LogP contribution < -0.4 is 0 Å². The summed E-state index contributed by atoms with van der Waals surface area (Å²) >= 11 is 0. The molecule has 0 saturated carbocycles. The molecule has 0 N–H and O–H groups in total. The maximum Gasteiger partial charge on any atom is 0.407 e. The molecule has 1 heterocycles. The monoisotopic (exact) mass is 271 g/mol. The second-order valence-electron chi connectivity index (χ2n) is 4.50. The minimum absolute atomic E-state index is 0.106. The van der Waals surface area contributed by atoms with E-state index in [1.165, 1.54) is 0 Å². The van der Waals surface area contributed by atoms with E-state index in [1.54, 1.807) is 0 Å². The third kappa shape index (κ3) is 2.63. The molecule has 0 aliphatic carbocycles. The molecule has 1 rings (SSSR count). The van der Waals surface area contributed by atoms with Gasteiger partial charge in [-0.3, -0.25) is 0 Å². The van der Waals surface area contributed by atoms with Gasteiger partial charge >= 0.3 is 18.4 Å². The van der Waals surface area contributed by atoms with Crippen LogP contribution in [-0.4, -0.2) is 35.4 Å². The number of nitrogens with zero attached hydrogens (tertiary/aromatic N) is 1. The summed E-state index contributed by atoms with van der Waals surface area (Å²) in [6.07, 6.45) is -12.1. The van der Waals surface area contributed by atoms with E-state index in [1.807, 2.05) is 0 Å². The normalized spacial score (nSPS) is 25.2. The van der Waals surface area contributed by atoms with Crippen LogP contribution in [0, 0.1) is 5.92 Å². The van der Waals surface area contributed by atoms with Crippen LogP contribution in [0.3, 0.4) is 0 Å². The highest BCUT2D eigenvalue weighted by Crippen LogP contribution is 2.54. The molecule has 0 spiro atoms. The second kappa shape index (κ2) is 3.46. The van der Waals surface area contributed by atoms with Crippen LogP contribution in [0.5, 0.6) is 0 Å². The topological polar surface area (TPSA) is 3.01 Å². The van der Waals surface area contributed by atoms with Gasteiger partial charge in [0.15, 0.2) is 0 Å². The van der Waals surface area contributed by atoms with Gasteiger partial charge in [-0.05, 0) is 13.8 Å². The Morgan fingerprint density at radius 2 is 1.18 bits per heavy atom. The summed E-state index contributed by atoms with van der Waals surface area (Å²) in [6.45, 7) is 1.78. The van der Waals surface area contributed by atoms with Crippen molar-refractivity contribution in [1.29, 1.82) is 0 Å². The summed E-state index contributed by atoms with van der Waals surface area (Å²) in [4.78, 5) is -0.106. The number of halogens is 8. The Bertz CT molecular complexity index is 288. The maximum atomic E-state index is 13.2. The molecule has 1 atom stereocenters. The number of alkyl halides is 8. The summed E-state index contributed by atoms with van der Waals surface area (Å²) in [6, 6.07) is -4.99. The molecule has 1 nitrogen and oxygen atoms in total. The molecule has 1 aliphatic rings. The zero-order valence-electron chi connectivity index (χ0n) is 8.76. The van der Waals surface area contributed by atoms with Gasteiger partial charge in [-0.1, -0.05) is 0 Å². The van der Waals surface area contributed by atoms with Gasteiger partial charge in [0.2, 0.25) is 5.92 Å². The summed E-state index contributed by atoms with van der Waals surface area (Å²) in [5.41, 5.74) is -1.35. The first-order valence-electron chi connectivity index (χ1n) is 4.49. The van der Waals surface area contributed by atoms with Crippen LogP contribution in [0.25, 0.3) is 0 Å². The summed E-state index contributed by atoms with van der Waals surface area (Å²) in [5, 5.41) is 0. The Morgan fingerprint density at radius 1 is 0.882 bits per heavy atom. The Balaban J connectivity index is 3.08. The Hall–Kier alpha value is -0.600. The molecule has 1 fully saturated rings. The fourth-order valence-corrected chi connectivity index (χ4v) is 1.60. The highest BCUT2D eigenvalue weighted by molar-refractivity contribution is 5.06. The SMILES string of the molecule is CC1(C)CN1C(F)(F)C(C(F)(F)F)C(F)(F)F. The molecule has 0 aromatic rings. The Kier molecular flexibility index (Phi) is 2.94. The molecule has 17 heavy (non-hydrogen) atoms. The minimum Gasteiger partial charge on any atom is -0.235 e. The van der Waals surface area contributed by atoms with Crippen LogP contribution in [-0.2, 0) is 0 Å². The lowest BCUT2D eigenvalue weighted by Crippen LogP contribution is -2.53. The van der Waals surface area contributed by atoms with Gasteiger partial charge in [-0.2, -0.15) is 35.1 Å². The van der Waals surface area contributed by atoms with Crippen molar-refractivity contribution >= 4 is 0 Å². The molecule has 102 valence electrons. The third-order valence-corrected chi connectivity index (χ3v) is 2.53. The highest BCUT2D eigenvalue weighted by Gasteiger charge is 2.75. The summed E-state index contributed by atoms with van der Waals surface area (Å²) in [7, 11) is 0. The van der Waals surface area contributed by atoms with E-state index in [4.69, 9.17) is 0 Å². The first kappa shape index (κ1) is 14.5. The molecule has 0 aromatic heterocycles. The zero-order valence-corrected chi connectivity index (χ0v) is 8.76. The van der Waals surface area contributed by atoms with Gasteiger partial charge in [-0.25, -0.2) is 4.90 Å². The standard InChI is InChI=1S/C8H9F8N/c1-5(2)3-17(5)8(15,16)4(6(9,10)11)7(12,13)14/h4H,3H2,1-2H3. The summed E-state index contributed by atoms with van der Waals surface area (Å²) in [5.74, 6) is -4.66. The lowest BCUT2D eigenvalue weighted by atomic mass is 10.1. The van der Waals surface area contributed by atoms with Crippen molar-refractivity contribution in [2.45, 2.75) is 37.8 Å². The van der Waals surface area contributed by atoms with Gasteiger partial charge in [0, 0.05) is 12.1 Å². The number of rotatable bonds is 2. The Labute approximate surface area is 91.4 Å². The van der Waals surface area contributed by atoms with Crippen LogP contribution in [0.15, 0.2) is 0 Å². The molecule has 1 saturated heterocycles. The number of hydrogen-bond acceptors (Lipinski definition) is 1. The van der Waals surface area contributed by atoms with E-state index in [0.717, 1.165) is 13.8 Å².